The van der Waals surface area contributed by atoms with Gasteiger partial charge in [-0.3, -0.25) is 0 Å². The lowest BCUT2D eigenvalue weighted by atomic mass is 10.2. The minimum absolute atomic E-state index is 0.0532. The molecule has 0 fully saturated rings. The summed E-state index contributed by atoms with van der Waals surface area (Å²) in [7, 11) is 0. The number of nitrogens with one attached hydrogen (secondary N) is 1. The Bertz CT molecular complexity index is 136. The van der Waals surface area contributed by atoms with Crippen molar-refractivity contribution in [2.24, 2.45) is 0 Å². The fraction of sp³-hybridized carbons (Fsp3) is 0.778. The Morgan fingerprint density at radius 3 is 2.50 bits per heavy atom. The van der Waals surface area contributed by atoms with Crippen molar-refractivity contribution in [2.75, 3.05) is 12.0 Å². The Hall–Kier alpha value is -0.150. The van der Waals surface area contributed by atoms with Gasteiger partial charge in [0.1, 0.15) is 5.76 Å². The quantitative estimate of drug-likeness (QED) is 0.628. The van der Waals surface area contributed by atoms with Gasteiger partial charge in [0.05, 0.1) is 6.04 Å². The molecule has 0 heterocycles. The van der Waals surface area contributed by atoms with Gasteiger partial charge >= 0.3 is 0 Å². The summed E-state index contributed by atoms with van der Waals surface area (Å²) in [6.45, 7) is 7.67. The van der Waals surface area contributed by atoms with Crippen molar-refractivity contribution in [1.82, 2.24) is 5.32 Å². The van der Waals surface area contributed by atoms with Crippen LogP contribution in [0.5, 0.6) is 0 Å². The van der Waals surface area contributed by atoms with E-state index in [-0.39, 0.29) is 11.8 Å². The van der Waals surface area contributed by atoms with E-state index in [2.05, 4.69) is 32.0 Å². The summed E-state index contributed by atoms with van der Waals surface area (Å²) >= 11 is 1.78. The Morgan fingerprint density at radius 1 is 1.58 bits per heavy atom. The van der Waals surface area contributed by atoms with Gasteiger partial charge in [-0.2, -0.15) is 11.8 Å². The zero-order chi connectivity index (χ0) is 9.56. The van der Waals surface area contributed by atoms with Gasteiger partial charge in [-0.25, -0.2) is 0 Å². The van der Waals surface area contributed by atoms with Crippen LogP contribution in [0.2, 0.25) is 0 Å². The molecule has 0 amide bonds. The molecule has 2 N–H and O–H groups in total. The van der Waals surface area contributed by atoms with E-state index in [1.165, 1.54) is 0 Å². The smallest absolute Gasteiger partial charge is 0.102 e. The van der Waals surface area contributed by atoms with Crippen LogP contribution in [-0.4, -0.2) is 29.2 Å². The van der Waals surface area contributed by atoms with Crippen LogP contribution in [0.1, 0.15) is 20.3 Å². The van der Waals surface area contributed by atoms with E-state index in [4.69, 9.17) is 0 Å². The molecule has 3 heteroatoms. The molecule has 0 aromatic rings. The third-order valence-electron chi connectivity index (χ3n) is 1.55. The van der Waals surface area contributed by atoms with E-state index in [9.17, 15) is 5.11 Å². The second-order valence-corrected chi connectivity index (χ2v) is 4.13. The summed E-state index contributed by atoms with van der Waals surface area (Å²) in [6.07, 6.45) is 3.00. The standard InChI is InChI=1S/C9H19NOS/c1-7(2)10-9(8(3)11)5-6-12-4/h7,9-11H,3,5-6H2,1-2,4H3. The molecule has 0 aliphatic carbocycles. The molecule has 0 spiro atoms. The number of hydrogen-bond acceptors (Lipinski definition) is 3. The zero-order valence-electron chi connectivity index (χ0n) is 8.13. The molecule has 0 aliphatic heterocycles. The van der Waals surface area contributed by atoms with Gasteiger partial charge in [-0.05, 0) is 18.4 Å². The van der Waals surface area contributed by atoms with Crippen molar-refractivity contribution in [1.29, 1.82) is 0 Å². The van der Waals surface area contributed by atoms with Gasteiger partial charge in [-0.1, -0.05) is 20.4 Å². The van der Waals surface area contributed by atoms with Crippen molar-refractivity contribution < 1.29 is 5.11 Å². The van der Waals surface area contributed by atoms with Crippen molar-refractivity contribution in [3.8, 4) is 0 Å². The lowest BCUT2D eigenvalue weighted by Gasteiger charge is -2.19. The fourth-order valence-electron chi connectivity index (χ4n) is 0.984. The van der Waals surface area contributed by atoms with E-state index in [1.807, 2.05) is 0 Å². The predicted molar refractivity (Wildman–Crippen MR) is 56.8 cm³/mol. The summed E-state index contributed by atoms with van der Waals surface area (Å²) in [6, 6.07) is 0.443. The molecule has 1 atom stereocenters. The predicted octanol–water partition coefficient (Wildman–Crippen LogP) is 2.18. The second-order valence-electron chi connectivity index (χ2n) is 3.15. The molecular weight excluding hydrogens is 170 g/mol. The Labute approximate surface area is 79.4 Å². The molecule has 2 nitrogen and oxygen atoms in total. The first-order valence-corrected chi connectivity index (χ1v) is 5.60. The van der Waals surface area contributed by atoms with Crippen molar-refractivity contribution in [2.45, 2.75) is 32.4 Å². The minimum atomic E-state index is 0.0532. The van der Waals surface area contributed by atoms with Crippen LogP contribution in [0.4, 0.5) is 0 Å². The van der Waals surface area contributed by atoms with Gasteiger partial charge in [-0.15, -0.1) is 0 Å². The van der Waals surface area contributed by atoms with Gasteiger partial charge in [0.15, 0.2) is 0 Å². The van der Waals surface area contributed by atoms with Gasteiger partial charge in [0, 0.05) is 6.04 Å². The molecule has 0 saturated carbocycles. The maximum absolute atomic E-state index is 9.22. The van der Waals surface area contributed by atoms with Crippen LogP contribution in [0.3, 0.4) is 0 Å². The number of rotatable bonds is 6. The molecule has 0 rings (SSSR count). The lowest BCUT2D eigenvalue weighted by Crippen LogP contribution is -2.36. The molecule has 0 radical (unpaired) electrons. The Kier molecular flexibility index (Phi) is 6.30. The molecule has 1 unspecified atom stereocenters. The van der Waals surface area contributed by atoms with E-state index in [0.29, 0.717) is 6.04 Å². The summed E-state index contributed by atoms with van der Waals surface area (Å²) in [5.41, 5.74) is 0. The van der Waals surface area contributed by atoms with E-state index in [1.54, 1.807) is 11.8 Å². The molecule has 0 aliphatic rings. The third kappa shape index (κ3) is 5.49. The second kappa shape index (κ2) is 6.38. The summed E-state index contributed by atoms with van der Waals surface area (Å²) in [5, 5.41) is 12.5. The highest BCUT2D eigenvalue weighted by Crippen LogP contribution is 2.06. The topological polar surface area (TPSA) is 32.3 Å². The van der Waals surface area contributed by atoms with Crippen LogP contribution in [0.25, 0.3) is 0 Å². The largest absolute Gasteiger partial charge is 0.511 e. The summed E-state index contributed by atoms with van der Waals surface area (Å²) in [4.78, 5) is 0. The molecule has 12 heavy (non-hydrogen) atoms. The Balaban J connectivity index is 3.78. The van der Waals surface area contributed by atoms with Gasteiger partial charge in [0.25, 0.3) is 0 Å². The maximum Gasteiger partial charge on any atom is 0.102 e. The number of aliphatic hydroxyl groups excluding tert-OH is 1. The van der Waals surface area contributed by atoms with Crippen LogP contribution in [0.15, 0.2) is 12.3 Å². The van der Waals surface area contributed by atoms with E-state index in [0.717, 1.165) is 12.2 Å². The first kappa shape index (κ1) is 11.8. The fourth-order valence-corrected chi connectivity index (χ4v) is 1.46. The van der Waals surface area contributed by atoms with Crippen LogP contribution in [0, 0.1) is 0 Å². The molecule has 0 aromatic carbocycles. The summed E-state index contributed by atoms with van der Waals surface area (Å²) < 4.78 is 0. The third-order valence-corrected chi connectivity index (χ3v) is 2.19. The number of aliphatic hydroxyl groups is 1. The first-order valence-electron chi connectivity index (χ1n) is 4.20. The van der Waals surface area contributed by atoms with Crippen molar-refractivity contribution >= 4 is 11.8 Å². The van der Waals surface area contributed by atoms with Crippen LogP contribution < -0.4 is 5.32 Å². The highest BCUT2D eigenvalue weighted by atomic mass is 32.2. The maximum atomic E-state index is 9.22. The number of thioether (sulfide) groups is 1. The highest BCUT2D eigenvalue weighted by molar-refractivity contribution is 7.98. The van der Waals surface area contributed by atoms with Crippen molar-refractivity contribution in [3.63, 3.8) is 0 Å². The molecule has 0 aromatic heterocycles. The molecule has 0 saturated heterocycles. The zero-order valence-corrected chi connectivity index (χ0v) is 8.95. The monoisotopic (exact) mass is 189 g/mol. The highest BCUT2D eigenvalue weighted by Gasteiger charge is 2.11. The average Bonchev–Trinajstić information content (AvgIpc) is 1.96. The normalized spacial score (nSPS) is 13.3. The van der Waals surface area contributed by atoms with E-state index < -0.39 is 0 Å². The van der Waals surface area contributed by atoms with Crippen molar-refractivity contribution in [3.05, 3.63) is 12.3 Å². The van der Waals surface area contributed by atoms with Gasteiger partial charge in [0.2, 0.25) is 0 Å². The van der Waals surface area contributed by atoms with Crippen LogP contribution >= 0.6 is 11.8 Å². The first-order chi connectivity index (χ1) is 5.57. The van der Waals surface area contributed by atoms with Crippen LogP contribution in [-0.2, 0) is 0 Å². The van der Waals surface area contributed by atoms with E-state index >= 15 is 0 Å². The number of hydrogen-bond donors (Lipinski definition) is 2. The average molecular weight is 189 g/mol. The lowest BCUT2D eigenvalue weighted by molar-refractivity contribution is 0.326. The summed E-state index contributed by atoms with van der Waals surface area (Å²) in [5.74, 6) is 1.29. The molecular formula is C9H19NOS. The Morgan fingerprint density at radius 2 is 2.17 bits per heavy atom. The minimum Gasteiger partial charge on any atom is -0.511 e. The van der Waals surface area contributed by atoms with Gasteiger partial charge < -0.3 is 10.4 Å². The molecule has 72 valence electrons. The SMILES string of the molecule is C=C(O)C(CCSC)NC(C)C. The molecule has 0 bridgehead atoms.